The van der Waals surface area contributed by atoms with E-state index in [0.717, 1.165) is 28.5 Å². The fourth-order valence-electron chi connectivity index (χ4n) is 3.81. The van der Waals surface area contributed by atoms with Gasteiger partial charge in [-0.05, 0) is 43.0 Å². The first-order valence-corrected chi connectivity index (χ1v) is 10.6. The van der Waals surface area contributed by atoms with Crippen LogP contribution < -0.4 is 0 Å². The van der Waals surface area contributed by atoms with Crippen molar-refractivity contribution in [2.75, 3.05) is 19.7 Å². The van der Waals surface area contributed by atoms with E-state index in [1.165, 1.54) is 4.90 Å². The monoisotopic (exact) mass is 423 g/mol. The van der Waals surface area contributed by atoms with Gasteiger partial charge < -0.3 is 19.2 Å². The minimum Gasteiger partial charge on any atom is -0.460 e. The van der Waals surface area contributed by atoms with E-state index in [4.69, 9.17) is 9.47 Å². The van der Waals surface area contributed by atoms with Crippen molar-refractivity contribution in [3.05, 3.63) is 59.7 Å². The normalized spacial score (nSPS) is 12.6. The van der Waals surface area contributed by atoms with Crippen molar-refractivity contribution >= 4 is 18.3 Å². The van der Waals surface area contributed by atoms with Crippen molar-refractivity contribution in [2.24, 2.45) is 0 Å². The van der Waals surface area contributed by atoms with Gasteiger partial charge >= 0.3 is 12.1 Å². The number of hydrogen-bond acceptors (Lipinski definition) is 5. The molecule has 6 heteroatoms. The van der Waals surface area contributed by atoms with Crippen molar-refractivity contribution in [3.63, 3.8) is 0 Å². The molecule has 0 N–H and O–H groups in total. The van der Waals surface area contributed by atoms with Gasteiger partial charge in [0.25, 0.3) is 0 Å². The molecule has 0 saturated heterocycles. The molecule has 0 atom stereocenters. The van der Waals surface area contributed by atoms with Crippen LogP contribution >= 0.6 is 0 Å². The summed E-state index contributed by atoms with van der Waals surface area (Å²) >= 11 is 0. The van der Waals surface area contributed by atoms with Crippen molar-refractivity contribution in [3.8, 4) is 11.1 Å². The topological polar surface area (TPSA) is 72.9 Å². The molecule has 1 aliphatic carbocycles. The van der Waals surface area contributed by atoms with Crippen LogP contribution in [-0.2, 0) is 19.1 Å². The van der Waals surface area contributed by atoms with Gasteiger partial charge in [0.05, 0.1) is 6.42 Å². The van der Waals surface area contributed by atoms with Crippen LogP contribution in [0.1, 0.15) is 50.7 Å². The molecule has 0 aliphatic heterocycles. The Morgan fingerprint density at radius 3 is 2.10 bits per heavy atom. The molecule has 0 heterocycles. The Kier molecular flexibility index (Phi) is 7.10. The number of aldehydes is 1. The van der Waals surface area contributed by atoms with Crippen LogP contribution in [0.3, 0.4) is 0 Å². The Balaban J connectivity index is 1.65. The Hall–Kier alpha value is -3.15. The average molecular weight is 424 g/mol. The first kappa shape index (κ1) is 22.5. The van der Waals surface area contributed by atoms with Crippen LogP contribution in [-0.4, -0.2) is 48.5 Å². The SMILES string of the molecule is CC(C)(C)OC(=O)CCN(CCC=O)C(=O)OCC1c2ccccc2-c2ccccc21. The van der Waals surface area contributed by atoms with Gasteiger partial charge in [-0.2, -0.15) is 0 Å². The number of esters is 1. The molecule has 0 aromatic heterocycles. The molecule has 6 nitrogen and oxygen atoms in total. The second-order valence-corrected chi connectivity index (χ2v) is 8.58. The van der Waals surface area contributed by atoms with E-state index in [1.807, 2.05) is 24.3 Å². The third-order valence-corrected chi connectivity index (χ3v) is 5.12. The van der Waals surface area contributed by atoms with E-state index in [1.54, 1.807) is 20.8 Å². The van der Waals surface area contributed by atoms with E-state index >= 15 is 0 Å². The van der Waals surface area contributed by atoms with Crippen LogP contribution in [0.15, 0.2) is 48.5 Å². The third-order valence-electron chi connectivity index (χ3n) is 5.12. The fraction of sp³-hybridized carbons (Fsp3) is 0.400. The van der Waals surface area contributed by atoms with Gasteiger partial charge in [0, 0.05) is 25.4 Å². The molecule has 1 aliphatic rings. The fourth-order valence-corrected chi connectivity index (χ4v) is 3.81. The molecule has 0 spiro atoms. The number of rotatable bonds is 8. The lowest BCUT2D eigenvalue weighted by atomic mass is 9.98. The lowest BCUT2D eigenvalue weighted by molar-refractivity contribution is -0.155. The molecule has 164 valence electrons. The molecule has 0 fully saturated rings. The highest BCUT2D eigenvalue weighted by Crippen LogP contribution is 2.44. The third kappa shape index (κ3) is 5.72. The number of nitrogens with zero attached hydrogens (tertiary/aromatic N) is 1. The highest BCUT2D eigenvalue weighted by Gasteiger charge is 2.30. The number of carbonyl (C=O) groups excluding carboxylic acids is 3. The smallest absolute Gasteiger partial charge is 0.409 e. The van der Waals surface area contributed by atoms with Crippen molar-refractivity contribution in [1.82, 2.24) is 4.90 Å². The van der Waals surface area contributed by atoms with Gasteiger partial charge in [0.2, 0.25) is 0 Å². The molecular formula is C25H29NO5. The molecule has 0 radical (unpaired) electrons. The molecular weight excluding hydrogens is 394 g/mol. The zero-order chi connectivity index (χ0) is 22.4. The van der Waals surface area contributed by atoms with Crippen LogP contribution in [0.2, 0.25) is 0 Å². The summed E-state index contributed by atoms with van der Waals surface area (Å²) in [5, 5.41) is 0. The van der Waals surface area contributed by atoms with Gasteiger partial charge in [-0.3, -0.25) is 4.79 Å². The molecule has 0 saturated carbocycles. The summed E-state index contributed by atoms with van der Waals surface area (Å²) in [6.07, 6.45) is 0.433. The quantitative estimate of drug-likeness (QED) is 0.460. The molecule has 3 rings (SSSR count). The Morgan fingerprint density at radius 1 is 0.968 bits per heavy atom. The maximum atomic E-state index is 12.8. The van der Waals surface area contributed by atoms with Crippen LogP contribution in [0, 0.1) is 0 Å². The predicted octanol–water partition coefficient (Wildman–Crippen LogP) is 4.56. The van der Waals surface area contributed by atoms with Crippen LogP contribution in [0.4, 0.5) is 4.79 Å². The van der Waals surface area contributed by atoms with E-state index < -0.39 is 17.7 Å². The Labute approximate surface area is 183 Å². The summed E-state index contributed by atoms with van der Waals surface area (Å²) in [5.74, 6) is -0.440. The minimum atomic E-state index is -0.589. The summed E-state index contributed by atoms with van der Waals surface area (Å²) in [7, 11) is 0. The summed E-state index contributed by atoms with van der Waals surface area (Å²) < 4.78 is 11.0. The predicted molar refractivity (Wildman–Crippen MR) is 118 cm³/mol. The van der Waals surface area contributed by atoms with Crippen LogP contribution in [0.5, 0.6) is 0 Å². The Bertz CT molecular complexity index is 901. The highest BCUT2D eigenvalue weighted by molar-refractivity contribution is 5.79. The maximum absolute atomic E-state index is 12.8. The first-order valence-electron chi connectivity index (χ1n) is 10.6. The number of hydrogen-bond donors (Lipinski definition) is 0. The average Bonchev–Trinajstić information content (AvgIpc) is 3.05. The highest BCUT2D eigenvalue weighted by atomic mass is 16.6. The summed E-state index contributed by atoms with van der Waals surface area (Å²) in [5.41, 5.74) is 3.98. The van der Waals surface area contributed by atoms with Gasteiger partial charge in [0.15, 0.2) is 0 Å². The van der Waals surface area contributed by atoms with Gasteiger partial charge in [-0.15, -0.1) is 0 Å². The van der Waals surface area contributed by atoms with E-state index in [0.29, 0.717) is 0 Å². The second kappa shape index (κ2) is 9.77. The van der Waals surface area contributed by atoms with E-state index in [9.17, 15) is 14.4 Å². The number of fused-ring (bicyclic) bond motifs is 3. The zero-order valence-corrected chi connectivity index (χ0v) is 18.3. The number of amides is 1. The van der Waals surface area contributed by atoms with Gasteiger partial charge in [-0.1, -0.05) is 48.5 Å². The summed E-state index contributed by atoms with van der Waals surface area (Å²) in [4.78, 5) is 37.0. The van der Waals surface area contributed by atoms with Crippen molar-refractivity contribution in [1.29, 1.82) is 0 Å². The summed E-state index contributed by atoms with van der Waals surface area (Å²) in [6.45, 7) is 5.90. The molecule has 2 aromatic carbocycles. The molecule has 31 heavy (non-hydrogen) atoms. The number of carbonyl (C=O) groups is 3. The van der Waals surface area contributed by atoms with Gasteiger partial charge in [-0.25, -0.2) is 4.79 Å². The lowest BCUT2D eigenvalue weighted by Gasteiger charge is -2.24. The lowest BCUT2D eigenvalue weighted by Crippen LogP contribution is -2.36. The van der Waals surface area contributed by atoms with Gasteiger partial charge in [0.1, 0.15) is 18.5 Å². The largest absolute Gasteiger partial charge is 0.460 e. The first-order chi connectivity index (χ1) is 14.8. The standard InChI is InChI=1S/C25H29NO5/c1-25(2,3)31-23(28)13-15-26(14-8-16-27)24(29)30-17-22-20-11-6-4-9-18(20)19-10-5-7-12-21(19)22/h4-7,9-12,16,22H,8,13-15,17H2,1-3H3. The van der Waals surface area contributed by atoms with Crippen molar-refractivity contribution < 1.29 is 23.9 Å². The molecule has 0 bridgehead atoms. The molecule has 1 amide bonds. The Morgan fingerprint density at radius 2 is 1.55 bits per heavy atom. The van der Waals surface area contributed by atoms with Crippen molar-refractivity contribution in [2.45, 2.75) is 45.1 Å². The van der Waals surface area contributed by atoms with E-state index in [-0.39, 0.29) is 38.5 Å². The zero-order valence-electron chi connectivity index (χ0n) is 18.3. The molecule has 0 unspecified atom stereocenters. The number of ether oxygens (including phenoxy) is 2. The summed E-state index contributed by atoms with van der Waals surface area (Å²) in [6, 6.07) is 16.2. The number of benzene rings is 2. The van der Waals surface area contributed by atoms with Crippen LogP contribution in [0.25, 0.3) is 11.1 Å². The second-order valence-electron chi connectivity index (χ2n) is 8.58. The van der Waals surface area contributed by atoms with E-state index in [2.05, 4.69) is 24.3 Å². The minimum absolute atomic E-state index is 0.0420. The maximum Gasteiger partial charge on any atom is 0.409 e. The molecule has 2 aromatic rings.